The number of rotatable bonds is 6. The Morgan fingerprint density at radius 2 is 2.28 bits per heavy atom. The number of aliphatic hydroxyl groups is 1. The summed E-state index contributed by atoms with van der Waals surface area (Å²) >= 11 is 0. The maximum atomic E-state index is 11.3. The number of esters is 1. The lowest BCUT2D eigenvalue weighted by Crippen LogP contribution is -2.40. The Hall–Kier alpha value is -0.910. The summed E-state index contributed by atoms with van der Waals surface area (Å²) in [5.41, 5.74) is 0.203. The molecule has 0 amide bonds. The van der Waals surface area contributed by atoms with E-state index in [9.17, 15) is 4.79 Å². The van der Waals surface area contributed by atoms with E-state index < -0.39 is 12.3 Å². The van der Waals surface area contributed by atoms with Gasteiger partial charge in [0.1, 0.15) is 6.61 Å². The van der Waals surface area contributed by atoms with Crippen LogP contribution in [0.3, 0.4) is 0 Å². The SMILES string of the molecule is COC(O)/C=C/C(=O)OCCN1CCCC1(C)C. The number of carbonyl (C=O) groups is 1. The van der Waals surface area contributed by atoms with Crippen molar-refractivity contribution in [3.8, 4) is 0 Å². The maximum Gasteiger partial charge on any atom is 0.330 e. The molecule has 0 spiro atoms. The van der Waals surface area contributed by atoms with Gasteiger partial charge in [-0.3, -0.25) is 4.90 Å². The molecule has 104 valence electrons. The lowest BCUT2D eigenvalue weighted by atomic mass is 10.0. The molecule has 0 saturated carbocycles. The number of likely N-dealkylation sites (tertiary alicyclic amines) is 1. The third-order valence-electron chi connectivity index (χ3n) is 3.32. The van der Waals surface area contributed by atoms with E-state index in [0.717, 1.165) is 13.1 Å². The average molecular weight is 257 g/mol. The molecule has 5 heteroatoms. The second-order valence-electron chi connectivity index (χ2n) is 5.06. The summed E-state index contributed by atoms with van der Waals surface area (Å²) in [4.78, 5) is 13.6. The van der Waals surface area contributed by atoms with Crippen LogP contribution in [-0.4, -0.2) is 54.6 Å². The molecule has 0 aromatic carbocycles. The Morgan fingerprint density at radius 3 is 2.83 bits per heavy atom. The first kappa shape index (κ1) is 15.1. The monoisotopic (exact) mass is 257 g/mol. The lowest BCUT2D eigenvalue weighted by molar-refractivity contribution is -0.138. The second-order valence-corrected chi connectivity index (χ2v) is 5.06. The van der Waals surface area contributed by atoms with Crippen molar-refractivity contribution >= 4 is 5.97 Å². The van der Waals surface area contributed by atoms with Gasteiger partial charge in [-0.1, -0.05) is 0 Å². The molecule has 1 rings (SSSR count). The molecule has 1 aliphatic rings. The molecular formula is C13H23NO4. The minimum Gasteiger partial charge on any atom is -0.461 e. The minimum absolute atomic E-state index is 0.203. The number of nitrogens with zero attached hydrogens (tertiary/aromatic N) is 1. The molecule has 1 aliphatic heterocycles. The predicted molar refractivity (Wildman–Crippen MR) is 68.0 cm³/mol. The molecule has 0 radical (unpaired) electrons. The molecule has 0 aliphatic carbocycles. The molecule has 0 bridgehead atoms. The summed E-state index contributed by atoms with van der Waals surface area (Å²) in [6.07, 6.45) is 3.75. The molecular weight excluding hydrogens is 234 g/mol. The van der Waals surface area contributed by atoms with Gasteiger partial charge in [-0.25, -0.2) is 4.79 Å². The van der Waals surface area contributed by atoms with Crippen LogP contribution < -0.4 is 0 Å². The lowest BCUT2D eigenvalue weighted by Gasteiger charge is -2.31. The Labute approximate surface area is 108 Å². The first-order valence-corrected chi connectivity index (χ1v) is 6.26. The number of hydrogen-bond donors (Lipinski definition) is 1. The summed E-state index contributed by atoms with van der Waals surface area (Å²) in [5, 5.41) is 9.05. The van der Waals surface area contributed by atoms with Gasteiger partial charge in [0.05, 0.1) is 0 Å². The van der Waals surface area contributed by atoms with E-state index in [0.29, 0.717) is 6.61 Å². The van der Waals surface area contributed by atoms with Crippen molar-refractivity contribution in [1.29, 1.82) is 0 Å². The molecule has 1 atom stereocenters. The standard InChI is InChI=1S/C13H23NO4/c1-13(2)7-4-8-14(13)9-10-18-12(16)6-5-11(15)17-3/h5-6,11,15H,4,7-10H2,1-3H3/b6-5+. The van der Waals surface area contributed by atoms with Crippen molar-refractivity contribution < 1.29 is 19.4 Å². The highest BCUT2D eigenvalue weighted by atomic mass is 16.6. The normalized spacial score (nSPS) is 21.3. The molecule has 1 saturated heterocycles. The number of methoxy groups -OCH3 is 1. The third-order valence-corrected chi connectivity index (χ3v) is 3.32. The molecule has 5 nitrogen and oxygen atoms in total. The van der Waals surface area contributed by atoms with Gasteiger partial charge in [-0.2, -0.15) is 0 Å². The van der Waals surface area contributed by atoms with Crippen LogP contribution in [0, 0.1) is 0 Å². The van der Waals surface area contributed by atoms with Crippen LogP contribution in [-0.2, 0) is 14.3 Å². The van der Waals surface area contributed by atoms with Gasteiger partial charge in [0.15, 0.2) is 6.29 Å². The summed E-state index contributed by atoms with van der Waals surface area (Å²) < 4.78 is 9.62. The average Bonchev–Trinajstić information content (AvgIpc) is 2.65. The van der Waals surface area contributed by atoms with Crippen molar-refractivity contribution in [3.63, 3.8) is 0 Å². The molecule has 1 unspecified atom stereocenters. The van der Waals surface area contributed by atoms with Gasteiger partial charge in [0, 0.05) is 25.3 Å². The van der Waals surface area contributed by atoms with Crippen LogP contribution in [0.2, 0.25) is 0 Å². The fraction of sp³-hybridized carbons (Fsp3) is 0.769. The van der Waals surface area contributed by atoms with E-state index in [-0.39, 0.29) is 5.54 Å². The van der Waals surface area contributed by atoms with Crippen LogP contribution in [0.5, 0.6) is 0 Å². The number of aliphatic hydroxyl groups excluding tert-OH is 1. The van der Waals surface area contributed by atoms with E-state index in [1.54, 1.807) is 0 Å². The van der Waals surface area contributed by atoms with Crippen LogP contribution in [0.1, 0.15) is 26.7 Å². The highest BCUT2D eigenvalue weighted by Gasteiger charge is 2.31. The molecule has 0 aromatic rings. The molecule has 18 heavy (non-hydrogen) atoms. The third kappa shape index (κ3) is 4.76. The molecule has 1 fully saturated rings. The Kier molecular flexibility index (Phi) is 5.78. The molecule has 1 heterocycles. The van der Waals surface area contributed by atoms with Crippen molar-refractivity contribution in [2.24, 2.45) is 0 Å². The van der Waals surface area contributed by atoms with Gasteiger partial charge in [0.25, 0.3) is 0 Å². The van der Waals surface area contributed by atoms with Gasteiger partial charge in [-0.05, 0) is 39.3 Å². The zero-order valence-corrected chi connectivity index (χ0v) is 11.4. The molecule has 1 N–H and O–H groups in total. The zero-order chi connectivity index (χ0) is 13.6. The summed E-state index contributed by atoms with van der Waals surface area (Å²) in [7, 11) is 1.36. The quantitative estimate of drug-likeness (QED) is 0.436. The van der Waals surface area contributed by atoms with Gasteiger partial charge >= 0.3 is 5.97 Å². The summed E-state index contributed by atoms with van der Waals surface area (Å²) in [6.45, 7) is 6.59. The Morgan fingerprint density at radius 1 is 1.56 bits per heavy atom. The van der Waals surface area contributed by atoms with Crippen molar-refractivity contribution in [2.75, 3.05) is 26.8 Å². The second kappa shape index (κ2) is 6.87. The molecule has 0 aromatic heterocycles. The maximum absolute atomic E-state index is 11.3. The highest BCUT2D eigenvalue weighted by molar-refractivity contribution is 5.81. The smallest absolute Gasteiger partial charge is 0.330 e. The fourth-order valence-corrected chi connectivity index (χ4v) is 2.12. The highest BCUT2D eigenvalue weighted by Crippen LogP contribution is 2.27. The van der Waals surface area contributed by atoms with Crippen LogP contribution in [0.15, 0.2) is 12.2 Å². The largest absolute Gasteiger partial charge is 0.461 e. The first-order valence-electron chi connectivity index (χ1n) is 6.26. The van der Waals surface area contributed by atoms with Crippen molar-refractivity contribution in [1.82, 2.24) is 4.90 Å². The van der Waals surface area contributed by atoms with Crippen molar-refractivity contribution in [2.45, 2.75) is 38.5 Å². The summed E-state index contributed by atoms with van der Waals surface area (Å²) in [6, 6.07) is 0. The van der Waals surface area contributed by atoms with Crippen LogP contribution >= 0.6 is 0 Å². The van der Waals surface area contributed by atoms with E-state index in [1.807, 2.05) is 0 Å². The fourth-order valence-electron chi connectivity index (χ4n) is 2.12. The Balaban J connectivity index is 2.22. The number of hydrogen-bond acceptors (Lipinski definition) is 5. The Bertz CT molecular complexity index is 301. The van der Waals surface area contributed by atoms with Gasteiger partial charge < -0.3 is 14.6 Å². The zero-order valence-electron chi connectivity index (χ0n) is 11.4. The minimum atomic E-state index is -1.06. The van der Waals surface area contributed by atoms with Crippen LogP contribution in [0.25, 0.3) is 0 Å². The summed E-state index contributed by atoms with van der Waals surface area (Å²) in [5.74, 6) is -0.455. The number of carbonyl (C=O) groups excluding carboxylic acids is 1. The van der Waals surface area contributed by atoms with E-state index in [1.165, 1.54) is 32.1 Å². The van der Waals surface area contributed by atoms with Crippen molar-refractivity contribution in [3.05, 3.63) is 12.2 Å². The van der Waals surface area contributed by atoms with E-state index >= 15 is 0 Å². The number of ether oxygens (including phenoxy) is 2. The first-order chi connectivity index (χ1) is 8.45. The predicted octanol–water partition coefficient (Wildman–Crippen LogP) is 0.925. The van der Waals surface area contributed by atoms with E-state index in [2.05, 4.69) is 23.5 Å². The topological polar surface area (TPSA) is 59.0 Å². The van der Waals surface area contributed by atoms with E-state index in [4.69, 9.17) is 9.84 Å². The van der Waals surface area contributed by atoms with Gasteiger partial charge in [-0.15, -0.1) is 0 Å². The van der Waals surface area contributed by atoms with Gasteiger partial charge in [0.2, 0.25) is 0 Å². The van der Waals surface area contributed by atoms with Crippen LogP contribution in [0.4, 0.5) is 0 Å².